The summed E-state index contributed by atoms with van der Waals surface area (Å²) >= 11 is 11.4. The van der Waals surface area contributed by atoms with Crippen LogP contribution in [0.5, 0.6) is 0 Å². The summed E-state index contributed by atoms with van der Waals surface area (Å²) in [7, 11) is -3.88. The zero-order valence-electron chi connectivity index (χ0n) is 8.78. The summed E-state index contributed by atoms with van der Waals surface area (Å²) in [6.07, 6.45) is 0. The molecule has 0 aliphatic heterocycles. The van der Waals surface area contributed by atoms with Gasteiger partial charge in [0.1, 0.15) is 5.25 Å². The molecule has 1 aromatic rings. The Morgan fingerprint density at radius 1 is 1.41 bits per heavy atom. The Morgan fingerprint density at radius 3 is 2.47 bits per heavy atom. The van der Waals surface area contributed by atoms with Crippen molar-refractivity contribution in [2.75, 3.05) is 0 Å². The van der Waals surface area contributed by atoms with E-state index in [-0.39, 0.29) is 9.92 Å². The predicted molar refractivity (Wildman–Crippen MR) is 65.4 cm³/mol. The van der Waals surface area contributed by atoms with Crippen LogP contribution in [0.1, 0.15) is 6.92 Å². The average molecular weight is 297 g/mol. The van der Waals surface area contributed by atoms with Gasteiger partial charge in [-0.25, -0.2) is 14.3 Å². The Kier molecular flexibility index (Phi) is 4.37. The second-order valence-corrected chi connectivity index (χ2v) is 6.35. The molecule has 0 spiro atoms. The number of carbonyl (C=O) groups is 1. The first-order chi connectivity index (χ1) is 7.80. The van der Waals surface area contributed by atoms with Crippen LogP contribution >= 0.6 is 23.2 Å². The van der Waals surface area contributed by atoms with Crippen LogP contribution < -0.4 is 11.3 Å². The summed E-state index contributed by atoms with van der Waals surface area (Å²) in [5, 5.41) is -1.05. The molecule has 0 bridgehead atoms. The van der Waals surface area contributed by atoms with E-state index < -0.39 is 21.0 Å². The van der Waals surface area contributed by atoms with Crippen LogP contribution in [0, 0.1) is 0 Å². The van der Waals surface area contributed by atoms with Crippen molar-refractivity contribution in [2.24, 2.45) is 5.84 Å². The SMILES string of the molecule is CC(C(=O)NN)S(=O)(=O)c1ccc(Cl)cc1Cl. The first-order valence-electron chi connectivity index (χ1n) is 4.50. The lowest BCUT2D eigenvalue weighted by Gasteiger charge is -2.12. The Morgan fingerprint density at radius 2 is 2.00 bits per heavy atom. The average Bonchev–Trinajstić information content (AvgIpc) is 2.26. The van der Waals surface area contributed by atoms with E-state index in [4.69, 9.17) is 29.0 Å². The summed E-state index contributed by atoms with van der Waals surface area (Å²) in [4.78, 5) is 11.1. The Hall–Kier alpha value is -0.820. The fourth-order valence-corrected chi connectivity index (χ4v) is 3.20. The van der Waals surface area contributed by atoms with Crippen molar-refractivity contribution in [2.45, 2.75) is 17.1 Å². The van der Waals surface area contributed by atoms with E-state index in [0.717, 1.165) is 0 Å². The largest absolute Gasteiger partial charge is 0.293 e. The van der Waals surface area contributed by atoms with E-state index in [9.17, 15) is 13.2 Å². The van der Waals surface area contributed by atoms with Crippen molar-refractivity contribution in [1.29, 1.82) is 0 Å². The van der Waals surface area contributed by atoms with Gasteiger partial charge in [-0.15, -0.1) is 0 Å². The quantitative estimate of drug-likeness (QED) is 0.497. The lowest BCUT2D eigenvalue weighted by molar-refractivity contribution is -0.120. The fraction of sp³-hybridized carbons (Fsp3) is 0.222. The van der Waals surface area contributed by atoms with Crippen LogP contribution in [0.4, 0.5) is 0 Å². The Bertz CT molecular complexity index is 545. The second kappa shape index (κ2) is 5.22. The number of hydrazine groups is 1. The third kappa shape index (κ3) is 2.90. The van der Waals surface area contributed by atoms with E-state index in [0.29, 0.717) is 5.02 Å². The summed E-state index contributed by atoms with van der Waals surface area (Å²) in [5.74, 6) is 4.08. The van der Waals surface area contributed by atoms with Crippen LogP contribution in [-0.4, -0.2) is 19.6 Å². The van der Waals surface area contributed by atoms with Gasteiger partial charge in [-0.3, -0.25) is 10.2 Å². The van der Waals surface area contributed by atoms with Crippen LogP contribution in [0.25, 0.3) is 0 Å². The zero-order chi connectivity index (χ0) is 13.2. The number of sulfone groups is 1. The molecule has 0 aliphatic carbocycles. The van der Waals surface area contributed by atoms with Crippen LogP contribution in [-0.2, 0) is 14.6 Å². The van der Waals surface area contributed by atoms with E-state index in [1.165, 1.54) is 25.1 Å². The van der Waals surface area contributed by atoms with Gasteiger partial charge in [0.2, 0.25) is 0 Å². The third-order valence-electron chi connectivity index (χ3n) is 2.18. The number of halogens is 2. The van der Waals surface area contributed by atoms with Gasteiger partial charge >= 0.3 is 0 Å². The summed E-state index contributed by atoms with van der Waals surface area (Å²) < 4.78 is 24.0. The Labute approximate surface area is 109 Å². The molecule has 0 fully saturated rings. The number of hydrogen-bond donors (Lipinski definition) is 2. The zero-order valence-corrected chi connectivity index (χ0v) is 11.1. The number of rotatable bonds is 3. The molecule has 1 rings (SSSR count). The smallest absolute Gasteiger partial charge is 0.252 e. The molecule has 0 aromatic heterocycles. The van der Waals surface area contributed by atoms with Gasteiger partial charge in [0.05, 0.1) is 9.92 Å². The van der Waals surface area contributed by atoms with Gasteiger partial charge in [0.15, 0.2) is 9.84 Å². The monoisotopic (exact) mass is 296 g/mol. The van der Waals surface area contributed by atoms with Crippen molar-refractivity contribution in [1.82, 2.24) is 5.43 Å². The topological polar surface area (TPSA) is 89.3 Å². The minimum Gasteiger partial charge on any atom is -0.293 e. The number of nitrogens with two attached hydrogens (primary N) is 1. The fourth-order valence-electron chi connectivity index (χ4n) is 1.15. The van der Waals surface area contributed by atoms with E-state index in [1.54, 1.807) is 5.43 Å². The molecule has 1 amide bonds. The number of hydrogen-bond acceptors (Lipinski definition) is 4. The lowest BCUT2D eigenvalue weighted by atomic mass is 10.4. The standard InChI is InChI=1S/C9H10Cl2N2O3S/c1-5(9(14)13-12)17(15,16)8-3-2-6(10)4-7(8)11/h2-5H,12H2,1H3,(H,13,14). The van der Waals surface area contributed by atoms with Gasteiger partial charge < -0.3 is 0 Å². The highest BCUT2D eigenvalue weighted by atomic mass is 35.5. The molecular weight excluding hydrogens is 287 g/mol. The lowest BCUT2D eigenvalue weighted by Crippen LogP contribution is -2.41. The van der Waals surface area contributed by atoms with Gasteiger partial charge in [-0.1, -0.05) is 23.2 Å². The maximum Gasteiger partial charge on any atom is 0.252 e. The highest BCUT2D eigenvalue weighted by Gasteiger charge is 2.31. The van der Waals surface area contributed by atoms with Gasteiger partial charge in [0.25, 0.3) is 5.91 Å². The van der Waals surface area contributed by atoms with Crippen molar-refractivity contribution in [3.63, 3.8) is 0 Å². The van der Waals surface area contributed by atoms with Gasteiger partial charge in [-0.2, -0.15) is 0 Å². The molecule has 0 saturated heterocycles. The van der Waals surface area contributed by atoms with Gasteiger partial charge in [-0.05, 0) is 25.1 Å². The number of benzene rings is 1. The van der Waals surface area contributed by atoms with Crippen molar-refractivity contribution in [3.8, 4) is 0 Å². The van der Waals surface area contributed by atoms with E-state index in [1.807, 2.05) is 0 Å². The first kappa shape index (κ1) is 14.2. The predicted octanol–water partition coefficient (Wildman–Crippen LogP) is 1.15. The molecule has 1 atom stereocenters. The maximum absolute atomic E-state index is 12.0. The highest BCUT2D eigenvalue weighted by molar-refractivity contribution is 7.92. The summed E-state index contributed by atoms with van der Waals surface area (Å²) in [6, 6.07) is 3.93. The molecule has 5 nitrogen and oxygen atoms in total. The molecule has 3 N–H and O–H groups in total. The number of amides is 1. The number of carbonyl (C=O) groups excluding carboxylic acids is 1. The molecule has 94 valence electrons. The van der Waals surface area contributed by atoms with Crippen LogP contribution in [0.15, 0.2) is 23.1 Å². The summed E-state index contributed by atoms with van der Waals surface area (Å²) in [6.45, 7) is 1.22. The third-order valence-corrected chi connectivity index (χ3v) is 4.95. The summed E-state index contributed by atoms with van der Waals surface area (Å²) in [5.41, 5.74) is 1.78. The van der Waals surface area contributed by atoms with Crippen LogP contribution in [0.3, 0.4) is 0 Å². The van der Waals surface area contributed by atoms with Gasteiger partial charge in [0, 0.05) is 5.02 Å². The minimum absolute atomic E-state index is 0.0332. The minimum atomic E-state index is -3.88. The molecule has 0 aliphatic rings. The first-order valence-corrected chi connectivity index (χ1v) is 6.80. The Balaban J connectivity index is 3.27. The van der Waals surface area contributed by atoms with Crippen LogP contribution in [0.2, 0.25) is 10.0 Å². The molecule has 1 aromatic carbocycles. The normalized spacial score (nSPS) is 13.2. The van der Waals surface area contributed by atoms with E-state index >= 15 is 0 Å². The highest BCUT2D eigenvalue weighted by Crippen LogP contribution is 2.27. The molecule has 0 radical (unpaired) electrons. The second-order valence-electron chi connectivity index (χ2n) is 3.27. The molecule has 17 heavy (non-hydrogen) atoms. The molecule has 8 heteroatoms. The van der Waals surface area contributed by atoms with Crippen molar-refractivity contribution < 1.29 is 13.2 Å². The van der Waals surface area contributed by atoms with Crippen molar-refractivity contribution >= 4 is 38.9 Å². The molecular formula is C9H10Cl2N2O3S. The molecule has 0 heterocycles. The van der Waals surface area contributed by atoms with Crippen molar-refractivity contribution in [3.05, 3.63) is 28.2 Å². The molecule has 1 unspecified atom stereocenters. The number of nitrogens with one attached hydrogen (secondary N) is 1. The maximum atomic E-state index is 12.0. The van der Waals surface area contributed by atoms with E-state index in [2.05, 4.69) is 0 Å². The molecule has 0 saturated carbocycles.